The molecule has 144 valence electrons. The molecule has 26 heavy (non-hydrogen) atoms. The number of hydrogen-bond donors (Lipinski definition) is 1. The Morgan fingerprint density at radius 1 is 1.15 bits per heavy atom. The first-order chi connectivity index (χ1) is 12.2. The van der Waals surface area contributed by atoms with Crippen LogP contribution < -0.4 is 0 Å². The van der Waals surface area contributed by atoms with Gasteiger partial charge in [-0.15, -0.1) is 0 Å². The monoisotopic (exact) mass is 360 g/mol. The minimum absolute atomic E-state index is 0.00602. The Balaban J connectivity index is 1.71. The van der Waals surface area contributed by atoms with Gasteiger partial charge in [0.15, 0.2) is 5.78 Å². The van der Waals surface area contributed by atoms with Gasteiger partial charge in [0.05, 0.1) is 0 Å². The second kappa shape index (κ2) is 5.73. The Kier molecular flexibility index (Phi) is 4.04. The number of carbonyl (C=O) groups is 3. The van der Waals surface area contributed by atoms with E-state index in [9.17, 15) is 19.5 Å². The number of Topliss-reactive ketones (excluding diaryl/α,β-unsaturated/α-hetero) is 3. The lowest BCUT2D eigenvalue weighted by Crippen LogP contribution is -2.61. The molecule has 4 aliphatic rings. The van der Waals surface area contributed by atoms with Crippen molar-refractivity contribution in [3.8, 4) is 0 Å². The summed E-state index contributed by atoms with van der Waals surface area (Å²) in [7, 11) is 0. The van der Waals surface area contributed by atoms with Crippen molar-refractivity contribution in [2.45, 2.75) is 84.2 Å². The first kappa shape index (κ1) is 18.3. The van der Waals surface area contributed by atoms with Crippen molar-refractivity contribution >= 4 is 17.3 Å². The number of ketones is 3. The largest absolute Gasteiger partial charge is 0.381 e. The Hall–Kier alpha value is -1.03. The van der Waals surface area contributed by atoms with Crippen LogP contribution in [0.25, 0.3) is 0 Å². The molecule has 0 aromatic rings. The third kappa shape index (κ3) is 2.14. The molecule has 7 atom stereocenters. The highest BCUT2D eigenvalue weighted by Crippen LogP contribution is 2.67. The molecule has 0 saturated heterocycles. The SMILES string of the molecule is CCC(=O)[C@@]1(O)CC[C@H]2C3CCC4CC(=O)CCC4(C)[C@H]3C(=O)CC21C. The van der Waals surface area contributed by atoms with Crippen LogP contribution in [0.15, 0.2) is 0 Å². The lowest BCUT2D eigenvalue weighted by molar-refractivity contribution is -0.177. The van der Waals surface area contributed by atoms with E-state index in [-0.39, 0.29) is 34.7 Å². The molecule has 0 radical (unpaired) electrons. The predicted molar refractivity (Wildman–Crippen MR) is 97.4 cm³/mol. The zero-order valence-electron chi connectivity index (χ0n) is 16.3. The number of aliphatic hydroxyl groups is 1. The van der Waals surface area contributed by atoms with Gasteiger partial charge in [0.2, 0.25) is 0 Å². The number of carbonyl (C=O) groups excluding carboxylic acids is 3. The standard InChI is InChI=1S/C22H32O4/c1-4-18(25)22(26)10-8-16-15-6-5-13-11-14(23)7-9-20(13,2)19(15)17(24)12-21(16,22)3/h13,15-16,19,26H,4-12H2,1-3H3/t13?,15?,16-,19+,20?,21?,22-/m0/s1. The topological polar surface area (TPSA) is 71.4 Å². The van der Waals surface area contributed by atoms with Crippen molar-refractivity contribution in [1.29, 1.82) is 0 Å². The van der Waals surface area contributed by atoms with E-state index in [0.29, 0.717) is 43.8 Å². The molecule has 4 aliphatic carbocycles. The molecule has 4 heteroatoms. The first-order valence-electron chi connectivity index (χ1n) is 10.5. The van der Waals surface area contributed by atoms with Gasteiger partial charge in [0, 0.05) is 37.0 Å². The Labute approximate surface area is 156 Å². The molecular formula is C22H32O4. The van der Waals surface area contributed by atoms with Crippen molar-refractivity contribution < 1.29 is 19.5 Å². The third-order valence-electron chi connectivity index (χ3n) is 9.10. The summed E-state index contributed by atoms with van der Waals surface area (Å²) in [5.41, 5.74) is -2.04. The maximum Gasteiger partial charge on any atom is 0.164 e. The van der Waals surface area contributed by atoms with Crippen molar-refractivity contribution in [3.63, 3.8) is 0 Å². The van der Waals surface area contributed by atoms with Crippen molar-refractivity contribution in [3.05, 3.63) is 0 Å². The number of fused-ring (bicyclic) bond motifs is 5. The molecule has 4 unspecified atom stereocenters. The molecule has 0 heterocycles. The van der Waals surface area contributed by atoms with Gasteiger partial charge in [-0.3, -0.25) is 14.4 Å². The molecule has 0 aromatic carbocycles. The second-order valence-electron chi connectivity index (χ2n) is 10.0. The summed E-state index contributed by atoms with van der Waals surface area (Å²) in [6, 6.07) is 0. The quantitative estimate of drug-likeness (QED) is 0.818. The Morgan fingerprint density at radius 2 is 1.88 bits per heavy atom. The first-order valence-corrected chi connectivity index (χ1v) is 10.5. The van der Waals surface area contributed by atoms with Crippen LogP contribution in [0.5, 0.6) is 0 Å². The van der Waals surface area contributed by atoms with Crippen LogP contribution in [0.1, 0.15) is 78.6 Å². The highest BCUT2D eigenvalue weighted by molar-refractivity contribution is 5.91. The minimum atomic E-state index is -1.34. The van der Waals surface area contributed by atoms with Gasteiger partial charge in [0.1, 0.15) is 17.2 Å². The summed E-state index contributed by atoms with van der Waals surface area (Å²) >= 11 is 0. The van der Waals surface area contributed by atoms with Crippen LogP contribution in [0.2, 0.25) is 0 Å². The normalized spacial score (nSPS) is 50.8. The summed E-state index contributed by atoms with van der Waals surface area (Å²) in [5.74, 6) is 1.32. The predicted octanol–water partition coefficient (Wildman–Crippen LogP) is 3.49. The molecule has 0 amide bonds. The number of rotatable bonds is 2. The van der Waals surface area contributed by atoms with E-state index in [1.54, 1.807) is 6.92 Å². The van der Waals surface area contributed by atoms with Crippen LogP contribution in [-0.4, -0.2) is 28.1 Å². The van der Waals surface area contributed by atoms with Crippen molar-refractivity contribution in [1.82, 2.24) is 0 Å². The number of hydrogen-bond acceptors (Lipinski definition) is 4. The molecule has 0 aliphatic heterocycles. The third-order valence-corrected chi connectivity index (χ3v) is 9.10. The van der Waals surface area contributed by atoms with E-state index in [1.807, 2.05) is 6.92 Å². The smallest absolute Gasteiger partial charge is 0.164 e. The van der Waals surface area contributed by atoms with Gasteiger partial charge in [-0.1, -0.05) is 20.8 Å². The molecule has 0 aromatic heterocycles. The molecule has 4 nitrogen and oxygen atoms in total. The lowest BCUT2D eigenvalue weighted by atomic mass is 9.44. The van der Waals surface area contributed by atoms with Crippen molar-refractivity contribution in [2.24, 2.45) is 34.5 Å². The fourth-order valence-corrected chi connectivity index (χ4v) is 7.61. The van der Waals surface area contributed by atoms with Crippen LogP contribution >= 0.6 is 0 Å². The van der Waals surface area contributed by atoms with E-state index >= 15 is 0 Å². The van der Waals surface area contributed by atoms with Gasteiger partial charge < -0.3 is 5.11 Å². The van der Waals surface area contributed by atoms with Gasteiger partial charge in [-0.05, 0) is 55.3 Å². The summed E-state index contributed by atoms with van der Waals surface area (Å²) < 4.78 is 0. The molecule has 0 spiro atoms. The highest BCUT2D eigenvalue weighted by atomic mass is 16.3. The maximum absolute atomic E-state index is 13.4. The average molecular weight is 360 g/mol. The zero-order valence-corrected chi connectivity index (χ0v) is 16.3. The molecular weight excluding hydrogens is 328 g/mol. The molecule has 4 fully saturated rings. The summed E-state index contributed by atoms with van der Waals surface area (Å²) in [6.45, 7) is 6.03. The lowest BCUT2D eigenvalue weighted by Gasteiger charge is -2.59. The van der Waals surface area contributed by atoms with E-state index in [4.69, 9.17) is 0 Å². The highest BCUT2D eigenvalue weighted by Gasteiger charge is 2.68. The Morgan fingerprint density at radius 3 is 2.58 bits per heavy atom. The molecule has 0 bridgehead atoms. The van der Waals surface area contributed by atoms with Gasteiger partial charge >= 0.3 is 0 Å². The fourth-order valence-electron chi connectivity index (χ4n) is 7.61. The average Bonchev–Trinajstić information content (AvgIpc) is 2.86. The van der Waals surface area contributed by atoms with E-state index in [0.717, 1.165) is 25.7 Å². The van der Waals surface area contributed by atoms with Crippen LogP contribution in [-0.2, 0) is 14.4 Å². The Bertz CT molecular complexity index is 669. The van der Waals surface area contributed by atoms with Gasteiger partial charge in [-0.2, -0.15) is 0 Å². The zero-order chi connectivity index (χ0) is 18.9. The van der Waals surface area contributed by atoms with Crippen LogP contribution in [0, 0.1) is 34.5 Å². The van der Waals surface area contributed by atoms with Crippen LogP contribution in [0.4, 0.5) is 0 Å². The van der Waals surface area contributed by atoms with Gasteiger partial charge in [-0.25, -0.2) is 0 Å². The van der Waals surface area contributed by atoms with E-state index < -0.39 is 11.0 Å². The summed E-state index contributed by atoms with van der Waals surface area (Å²) in [5, 5.41) is 11.3. The fraction of sp³-hybridized carbons (Fsp3) is 0.864. The maximum atomic E-state index is 13.4. The van der Waals surface area contributed by atoms with E-state index in [1.165, 1.54) is 0 Å². The second-order valence-corrected chi connectivity index (χ2v) is 10.0. The summed E-state index contributed by atoms with van der Waals surface area (Å²) in [6.07, 6.45) is 6.00. The summed E-state index contributed by atoms with van der Waals surface area (Å²) in [4.78, 5) is 38.0. The van der Waals surface area contributed by atoms with Crippen LogP contribution in [0.3, 0.4) is 0 Å². The van der Waals surface area contributed by atoms with Crippen molar-refractivity contribution in [2.75, 3.05) is 0 Å². The molecule has 4 saturated carbocycles. The molecule has 1 N–H and O–H groups in total. The van der Waals surface area contributed by atoms with Gasteiger partial charge in [0.25, 0.3) is 0 Å². The molecule has 4 rings (SSSR count). The minimum Gasteiger partial charge on any atom is -0.381 e. The van der Waals surface area contributed by atoms with E-state index in [2.05, 4.69) is 6.92 Å².